The second-order valence-corrected chi connectivity index (χ2v) is 6.47. The summed E-state index contributed by atoms with van der Waals surface area (Å²) in [6.45, 7) is 0. The number of nitrogens with zero attached hydrogens (tertiary/aromatic N) is 2. The third kappa shape index (κ3) is 4.37. The van der Waals surface area contributed by atoms with Gasteiger partial charge in [0.15, 0.2) is 0 Å². The third-order valence-electron chi connectivity index (χ3n) is 4.79. The molecule has 0 radical (unpaired) electrons. The number of benzene rings is 1. The summed E-state index contributed by atoms with van der Waals surface area (Å²) in [7, 11) is 1.77. The quantitative estimate of drug-likeness (QED) is 0.877. The summed E-state index contributed by atoms with van der Waals surface area (Å²) in [6.07, 6.45) is 5.10. The Labute approximate surface area is 148 Å². The fraction of sp³-hybridized carbons (Fsp3) is 0.400. The number of pyridine rings is 1. The van der Waals surface area contributed by atoms with E-state index < -0.39 is 6.10 Å². The molecule has 1 saturated carbocycles. The zero-order chi connectivity index (χ0) is 17.6. The Morgan fingerprint density at radius 2 is 2.04 bits per heavy atom. The number of rotatable bonds is 6. The Kier molecular flexibility index (Phi) is 5.66. The fourth-order valence-electron chi connectivity index (χ4n) is 3.31. The predicted molar refractivity (Wildman–Crippen MR) is 95.2 cm³/mol. The number of hydrogen-bond donors (Lipinski definition) is 1. The molecule has 1 aliphatic carbocycles. The SMILES string of the molecule is CN(C(=O)CCc1cccnc1)[C@@H]1CC[C@H](Oc2ccccc2)[C@H]1O. The molecule has 0 unspecified atom stereocenters. The minimum absolute atomic E-state index is 0.0354. The van der Waals surface area contributed by atoms with Crippen LogP contribution in [0.5, 0.6) is 5.75 Å². The van der Waals surface area contributed by atoms with Crippen LogP contribution in [-0.2, 0) is 11.2 Å². The minimum Gasteiger partial charge on any atom is -0.488 e. The summed E-state index contributed by atoms with van der Waals surface area (Å²) in [6, 6.07) is 13.1. The summed E-state index contributed by atoms with van der Waals surface area (Å²) in [5, 5.41) is 10.6. The maximum absolute atomic E-state index is 12.5. The second-order valence-electron chi connectivity index (χ2n) is 6.47. The van der Waals surface area contributed by atoms with Gasteiger partial charge in [-0.1, -0.05) is 24.3 Å². The molecule has 1 N–H and O–H groups in total. The molecule has 0 bridgehead atoms. The van der Waals surface area contributed by atoms with Gasteiger partial charge in [-0.25, -0.2) is 0 Å². The number of aliphatic hydroxyl groups excluding tert-OH is 1. The maximum atomic E-state index is 12.5. The molecule has 3 atom stereocenters. The molecule has 25 heavy (non-hydrogen) atoms. The fourth-order valence-corrected chi connectivity index (χ4v) is 3.31. The second kappa shape index (κ2) is 8.12. The molecule has 1 aliphatic rings. The average Bonchev–Trinajstić information content (AvgIpc) is 3.01. The lowest BCUT2D eigenvalue weighted by Crippen LogP contribution is -2.45. The van der Waals surface area contributed by atoms with E-state index in [0.29, 0.717) is 12.8 Å². The number of hydrogen-bond acceptors (Lipinski definition) is 4. The van der Waals surface area contributed by atoms with Gasteiger partial charge in [-0.15, -0.1) is 0 Å². The first-order valence-corrected chi connectivity index (χ1v) is 8.69. The van der Waals surface area contributed by atoms with E-state index in [-0.39, 0.29) is 18.1 Å². The van der Waals surface area contributed by atoms with Crippen LogP contribution in [-0.4, -0.2) is 46.2 Å². The standard InChI is InChI=1S/C20H24N2O3/c1-22(19(23)12-9-15-6-5-13-21-14-15)17-10-11-18(20(17)24)25-16-7-3-2-4-8-16/h2-8,13-14,17-18,20,24H,9-12H2,1H3/t17-,18+,20+/m1/s1. The zero-order valence-electron chi connectivity index (χ0n) is 14.4. The highest BCUT2D eigenvalue weighted by molar-refractivity contribution is 5.76. The molecule has 1 heterocycles. The van der Waals surface area contributed by atoms with Crippen molar-refractivity contribution in [2.75, 3.05) is 7.05 Å². The van der Waals surface area contributed by atoms with Crippen molar-refractivity contribution in [2.45, 2.75) is 43.9 Å². The lowest BCUT2D eigenvalue weighted by atomic mass is 10.1. The van der Waals surface area contributed by atoms with Gasteiger partial charge in [0.25, 0.3) is 0 Å². The Morgan fingerprint density at radius 1 is 1.24 bits per heavy atom. The summed E-state index contributed by atoms with van der Waals surface area (Å²) in [5.74, 6) is 0.783. The normalized spacial score (nSPS) is 22.6. The number of carbonyl (C=O) groups excluding carboxylic acids is 1. The topological polar surface area (TPSA) is 62.7 Å². The van der Waals surface area contributed by atoms with E-state index in [4.69, 9.17) is 4.74 Å². The van der Waals surface area contributed by atoms with Crippen LogP contribution >= 0.6 is 0 Å². The van der Waals surface area contributed by atoms with Gasteiger partial charge < -0.3 is 14.7 Å². The summed E-state index contributed by atoms with van der Waals surface area (Å²) < 4.78 is 5.88. The molecule has 1 amide bonds. The molecule has 0 saturated heterocycles. The molecule has 1 aromatic carbocycles. The van der Waals surface area contributed by atoms with Crippen LogP contribution in [0.2, 0.25) is 0 Å². The molecule has 2 aromatic rings. The Bertz CT molecular complexity index is 678. The molecule has 0 spiro atoms. The van der Waals surface area contributed by atoms with E-state index in [2.05, 4.69) is 4.98 Å². The number of amides is 1. The zero-order valence-corrected chi connectivity index (χ0v) is 14.4. The Hall–Kier alpha value is -2.40. The molecule has 0 aliphatic heterocycles. The van der Waals surface area contributed by atoms with E-state index >= 15 is 0 Å². The number of aromatic nitrogens is 1. The van der Waals surface area contributed by atoms with Crippen LogP contribution in [0.25, 0.3) is 0 Å². The maximum Gasteiger partial charge on any atom is 0.222 e. The van der Waals surface area contributed by atoms with Gasteiger partial charge in [0.2, 0.25) is 5.91 Å². The van der Waals surface area contributed by atoms with Crippen LogP contribution in [0.3, 0.4) is 0 Å². The van der Waals surface area contributed by atoms with Crippen LogP contribution in [0, 0.1) is 0 Å². The molecule has 1 aromatic heterocycles. The lowest BCUT2D eigenvalue weighted by Gasteiger charge is -2.29. The van der Waals surface area contributed by atoms with Gasteiger partial charge in [0, 0.05) is 25.9 Å². The van der Waals surface area contributed by atoms with Crippen molar-refractivity contribution in [1.29, 1.82) is 0 Å². The van der Waals surface area contributed by atoms with Crippen molar-refractivity contribution in [3.63, 3.8) is 0 Å². The summed E-state index contributed by atoms with van der Waals surface area (Å²) >= 11 is 0. The van der Waals surface area contributed by atoms with Crippen molar-refractivity contribution < 1.29 is 14.6 Å². The summed E-state index contributed by atoms with van der Waals surface area (Å²) in [5.41, 5.74) is 1.04. The highest BCUT2D eigenvalue weighted by Gasteiger charge is 2.39. The smallest absolute Gasteiger partial charge is 0.222 e. The Morgan fingerprint density at radius 3 is 2.76 bits per heavy atom. The van der Waals surface area contributed by atoms with E-state index in [1.807, 2.05) is 42.5 Å². The molecule has 3 rings (SSSR count). The number of ether oxygens (including phenoxy) is 1. The third-order valence-corrected chi connectivity index (χ3v) is 4.79. The van der Waals surface area contributed by atoms with Gasteiger partial charge in [-0.3, -0.25) is 9.78 Å². The predicted octanol–water partition coefficient (Wildman–Crippen LogP) is 2.44. The number of aliphatic hydroxyl groups is 1. The number of aryl methyl sites for hydroxylation is 1. The van der Waals surface area contributed by atoms with E-state index in [1.54, 1.807) is 24.3 Å². The lowest BCUT2D eigenvalue weighted by molar-refractivity contribution is -0.134. The van der Waals surface area contributed by atoms with E-state index in [9.17, 15) is 9.90 Å². The van der Waals surface area contributed by atoms with Gasteiger partial charge in [0.1, 0.15) is 18.0 Å². The van der Waals surface area contributed by atoms with Crippen molar-refractivity contribution in [3.05, 3.63) is 60.4 Å². The van der Waals surface area contributed by atoms with Gasteiger partial charge in [-0.2, -0.15) is 0 Å². The minimum atomic E-state index is -0.674. The summed E-state index contributed by atoms with van der Waals surface area (Å²) in [4.78, 5) is 18.2. The highest BCUT2D eigenvalue weighted by atomic mass is 16.5. The number of likely N-dealkylation sites (N-methyl/N-ethyl adjacent to an activating group) is 1. The number of para-hydroxylation sites is 1. The van der Waals surface area contributed by atoms with Crippen LogP contribution < -0.4 is 4.74 Å². The molecular weight excluding hydrogens is 316 g/mol. The first-order chi connectivity index (χ1) is 12.1. The van der Waals surface area contributed by atoms with Gasteiger partial charge >= 0.3 is 0 Å². The largest absolute Gasteiger partial charge is 0.488 e. The molecule has 132 valence electrons. The first-order valence-electron chi connectivity index (χ1n) is 8.69. The highest BCUT2D eigenvalue weighted by Crippen LogP contribution is 2.28. The van der Waals surface area contributed by atoms with Crippen LogP contribution in [0.15, 0.2) is 54.9 Å². The monoisotopic (exact) mass is 340 g/mol. The van der Waals surface area contributed by atoms with Crippen molar-refractivity contribution in [2.24, 2.45) is 0 Å². The van der Waals surface area contributed by atoms with Gasteiger partial charge in [-0.05, 0) is 43.0 Å². The molecule has 5 heteroatoms. The van der Waals surface area contributed by atoms with Crippen molar-refractivity contribution in [1.82, 2.24) is 9.88 Å². The van der Waals surface area contributed by atoms with Crippen molar-refractivity contribution >= 4 is 5.91 Å². The van der Waals surface area contributed by atoms with E-state index in [0.717, 1.165) is 24.2 Å². The van der Waals surface area contributed by atoms with Crippen molar-refractivity contribution in [3.8, 4) is 5.75 Å². The van der Waals surface area contributed by atoms with E-state index in [1.165, 1.54) is 0 Å². The van der Waals surface area contributed by atoms with Gasteiger partial charge in [0.05, 0.1) is 6.04 Å². The average molecular weight is 340 g/mol. The van der Waals surface area contributed by atoms with Crippen LogP contribution in [0.1, 0.15) is 24.8 Å². The van der Waals surface area contributed by atoms with Crippen LogP contribution in [0.4, 0.5) is 0 Å². The number of carbonyl (C=O) groups is 1. The first kappa shape index (κ1) is 17.4. The molecule has 5 nitrogen and oxygen atoms in total. The molecular formula is C20H24N2O3. The molecule has 1 fully saturated rings. The Balaban J connectivity index is 1.53.